The first-order chi connectivity index (χ1) is 8.09. The van der Waals surface area contributed by atoms with Crippen LogP contribution in [-0.4, -0.2) is 9.55 Å². The monoisotopic (exact) mass is 292 g/mol. The summed E-state index contributed by atoms with van der Waals surface area (Å²) in [5.41, 5.74) is 1.98. The number of hydrogen-bond acceptors (Lipinski definition) is 2. The molecule has 2 rings (SSSR count). The summed E-state index contributed by atoms with van der Waals surface area (Å²) in [6, 6.07) is 5.83. The van der Waals surface area contributed by atoms with Crippen LogP contribution in [0, 0.1) is 0 Å². The van der Waals surface area contributed by atoms with E-state index in [-0.39, 0.29) is 11.6 Å². The second-order valence-corrected chi connectivity index (χ2v) is 4.98. The Morgan fingerprint density at radius 2 is 2.12 bits per heavy atom. The van der Waals surface area contributed by atoms with E-state index in [1.807, 2.05) is 38.2 Å². The van der Waals surface area contributed by atoms with Crippen molar-refractivity contribution in [3.63, 3.8) is 0 Å². The fourth-order valence-electron chi connectivity index (χ4n) is 1.64. The number of rotatable bonds is 2. The molecule has 4 heteroatoms. The molecule has 2 aromatic rings. The van der Waals surface area contributed by atoms with Crippen molar-refractivity contribution in [2.45, 2.75) is 19.9 Å². The van der Waals surface area contributed by atoms with Gasteiger partial charge in [0.15, 0.2) is 0 Å². The Bertz CT molecular complexity index is 576. The van der Waals surface area contributed by atoms with E-state index >= 15 is 0 Å². The molecule has 0 N–H and O–H groups in total. The maximum absolute atomic E-state index is 11.9. The van der Waals surface area contributed by atoms with Crippen LogP contribution >= 0.6 is 15.9 Å². The molecule has 0 atom stereocenters. The summed E-state index contributed by atoms with van der Waals surface area (Å²) in [7, 11) is 0. The SMILES string of the molecule is CC(C)n1cc(-c2cccnc2)cc(Br)c1=O. The molecule has 17 heavy (non-hydrogen) atoms. The molecule has 0 unspecified atom stereocenters. The van der Waals surface area contributed by atoms with Crippen LogP contribution in [0.25, 0.3) is 11.1 Å². The molecular weight excluding hydrogens is 280 g/mol. The van der Waals surface area contributed by atoms with Gasteiger partial charge in [0.25, 0.3) is 5.56 Å². The van der Waals surface area contributed by atoms with Gasteiger partial charge in [-0.1, -0.05) is 6.07 Å². The van der Waals surface area contributed by atoms with Gasteiger partial charge in [0, 0.05) is 35.8 Å². The fourth-order valence-corrected chi connectivity index (χ4v) is 2.09. The zero-order valence-corrected chi connectivity index (χ0v) is 11.3. The molecule has 0 radical (unpaired) electrons. The van der Waals surface area contributed by atoms with E-state index in [9.17, 15) is 4.79 Å². The lowest BCUT2D eigenvalue weighted by atomic mass is 10.1. The third-order valence-electron chi connectivity index (χ3n) is 2.55. The normalized spacial score (nSPS) is 10.8. The smallest absolute Gasteiger partial charge is 0.265 e. The van der Waals surface area contributed by atoms with Crippen LogP contribution in [0.4, 0.5) is 0 Å². The standard InChI is InChI=1S/C13H13BrN2O/c1-9(2)16-8-11(6-12(14)13(16)17)10-4-3-5-15-7-10/h3-9H,1-2H3. The fraction of sp³-hybridized carbons (Fsp3) is 0.231. The van der Waals surface area contributed by atoms with Crippen LogP contribution in [0.15, 0.2) is 46.1 Å². The Labute approximate surface area is 108 Å². The minimum atomic E-state index is -0.00681. The highest BCUT2D eigenvalue weighted by molar-refractivity contribution is 9.10. The predicted octanol–water partition coefficient (Wildman–Crippen LogP) is 3.25. The van der Waals surface area contributed by atoms with Crippen molar-refractivity contribution in [3.8, 4) is 11.1 Å². The molecule has 0 bridgehead atoms. The zero-order chi connectivity index (χ0) is 12.4. The first kappa shape index (κ1) is 12.0. The number of nitrogens with zero attached hydrogens (tertiary/aromatic N) is 2. The number of halogens is 1. The summed E-state index contributed by atoms with van der Waals surface area (Å²) in [5, 5.41) is 0. The van der Waals surface area contributed by atoms with E-state index < -0.39 is 0 Å². The van der Waals surface area contributed by atoms with Gasteiger partial charge in [-0.2, -0.15) is 0 Å². The van der Waals surface area contributed by atoms with Gasteiger partial charge in [0.1, 0.15) is 0 Å². The van der Waals surface area contributed by atoms with Crippen molar-refractivity contribution in [2.24, 2.45) is 0 Å². The second-order valence-electron chi connectivity index (χ2n) is 4.12. The molecule has 0 aliphatic carbocycles. The molecule has 88 valence electrons. The van der Waals surface area contributed by atoms with Crippen LogP contribution in [0.1, 0.15) is 19.9 Å². The average molecular weight is 293 g/mol. The molecule has 2 heterocycles. The highest BCUT2D eigenvalue weighted by atomic mass is 79.9. The second kappa shape index (κ2) is 4.84. The van der Waals surface area contributed by atoms with E-state index in [0.717, 1.165) is 11.1 Å². The van der Waals surface area contributed by atoms with Crippen molar-refractivity contribution in [1.29, 1.82) is 0 Å². The maximum atomic E-state index is 11.9. The summed E-state index contributed by atoms with van der Waals surface area (Å²) in [4.78, 5) is 16.0. The lowest BCUT2D eigenvalue weighted by Gasteiger charge is -2.12. The summed E-state index contributed by atoms with van der Waals surface area (Å²) in [6.07, 6.45) is 5.39. The van der Waals surface area contributed by atoms with E-state index in [1.165, 1.54) is 0 Å². The number of hydrogen-bond donors (Lipinski definition) is 0. The largest absolute Gasteiger partial charge is 0.311 e. The first-order valence-corrected chi connectivity index (χ1v) is 6.21. The van der Waals surface area contributed by atoms with E-state index in [4.69, 9.17) is 0 Å². The molecule has 0 aliphatic rings. The molecule has 0 spiro atoms. The summed E-state index contributed by atoms with van der Waals surface area (Å²) in [5.74, 6) is 0. The summed E-state index contributed by atoms with van der Waals surface area (Å²) < 4.78 is 2.29. The Hall–Kier alpha value is -1.42. The van der Waals surface area contributed by atoms with E-state index in [0.29, 0.717) is 4.47 Å². The third-order valence-corrected chi connectivity index (χ3v) is 3.12. The number of aromatic nitrogens is 2. The average Bonchev–Trinajstić information content (AvgIpc) is 2.33. The molecule has 0 amide bonds. The van der Waals surface area contributed by atoms with Crippen molar-refractivity contribution >= 4 is 15.9 Å². The van der Waals surface area contributed by atoms with Gasteiger partial charge in [0.05, 0.1) is 4.47 Å². The molecule has 0 aliphatic heterocycles. The van der Waals surface area contributed by atoms with Gasteiger partial charge in [0.2, 0.25) is 0 Å². The summed E-state index contributed by atoms with van der Waals surface area (Å²) >= 11 is 3.31. The van der Waals surface area contributed by atoms with Gasteiger partial charge in [-0.15, -0.1) is 0 Å². The van der Waals surface area contributed by atoms with Crippen molar-refractivity contribution in [3.05, 3.63) is 51.6 Å². The molecule has 2 aromatic heterocycles. The van der Waals surface area contributed by atoms with Gasteiger partial charge in [-0.25, -0.2) is 0 Å². The van der Waals surface area contributed by atoms with Crippen LogP contribution in [0.2, 0.25) is 0 Å². The Morgan fingerprint density at radius 1 is 1.35 bits per heavy atom. The Kier molecular flexibility index (Phi) is 3.43. The molecule has 0 fully saturated rings. The molecular formula is C13H13BrN2O. The highest BCUT2D eigenvalue weighted by Gasteiger charge is 2.08. The molecule has 0 saturated heterocycles. The topological polar surface area (TPSA) is 34.9 Å². The zero-order valence-electron chi connectivity index (χ0n) is 9.72. The predicted molar refractivity (Wildman–Crippen MR) is 72.0 cm³/mol. The lowest BCUT2D eigenvalue weighted by Crippen LogP contribution is -2.22. The Morgan fingerprint density at radius 3 is 2.71 bits per heavy atom. The minimum absolute atomic E-state index is 0.00681. The van der Waals surface area contributed by atoms with Gasteiger partial charge < -0.3 is 4.57 Å². The number of pyridine rings is 2. The van der Waals surface area contributed by atoms with Crippen LogP contribution in [0.3, 0.4) is 0 Å². The van der Waals surface area contributed by atoms with Crippen molar-refractivity contribution in [2.75, 3.05) is 0 Å². The van der Waals surface area contributed by atoms with Gasteiger partial charge >= 0.3 is 0 Å². The lowest BCUT2D eigenvalue weighted by molar-refractivity contribution is 0.577. The first-order valence-electron chi connectivity index (χ1n) is 5.41. The molecule has 0 aromatic carbocycles. The van der Waals surface area contributed by atoms with Gasteiger partial charge in [-0.3, -0.25) is 9.78 Å². The van der Waals surface area contributed by atoms with E-state index in [2.05, 4.69) is 20.9 Å². The molecule has 0 saturated carbocycles. The highest BCUT2D eigenvalue weighted by Crippen LogP contribution is 2.20. The third kappa shape index (κ3) is 2.47. The van der Waals surface area contributed by atoms with Crippen LogP contribution in [-0.2, 0) is 0 Å². The quantitative estimate of drug-likeness (QED) is 0.852. The van der Waals surface area contributed by atoms with Crippen molar-refractivity contribution < 1.29 is 0 Å². The maximum Gasteiger partial charge on any atom is 0.265 e. The van der Waals surface area contributed by atoms with Gasteiger partial charge in [-0.05, 0) is 41.9 Å². The molecule has 3 nitrogen and oxygen atoms in total. The minimum Gasteiger partial charge on any atom is -0.311 e. The van der Waals surface area contributed by atoms with Crippen molar-refractivity contribution in [1.82, 2.24) is 9.55 Å². The van der Waals surface area contributed by atoms with Crippen LogP contribution in [0.5, 0.6) is 0 Å². The Balaban J connectivity index is 2.62. The summed E-state index contributed by atoms with van der Waals surface area (Å²) in [6.45, 7) is 3.97. The van der Waals surface area contributed by atoms with E-state index in [1.54, 1.807) is 17.0 Å². The van der Waals surface area contributed by atoms with Crippen LogP contribution < -0.4 is 5.56 Å².